The normalized spacial score (nSPS) is 25.7. The van der Waals surface area contributed by atoms with Crippen molar-refractivity contribution in [3.63, 3.8) is 0 Å². The van der Waals surface area contributed by atoms with Gasteiger partial charge in [-0.15, -0.1) is 0 Å². The summed E-state index contributed by atoms with van der Waals surface area (Å²) in [7, 11) is 1.69. The molecular formula is C17H32N2O2. The summed E-state index contributed by atoms with van der Waals surface area (Å²) in [4.78, 5) is 15.0. The van der Waals surface area contributed by atoms with Crippen molar-refractivity contribution in [3.8, 4) is 0 Å². The van der Waals surface area contributed by atoms with Crippen LogP contribution in [0.15, 0.2) is 0 Å². The fourth-order valence-electron chi connectivity index (χ4n) is 3.70. The van der Waals surface area contributed by atoms with Gasteiger partial charge < -0.3 is 15.0 Å². The molecule has 0 radical (unpaired) electrons. The lowest BCUT2D eigenvalue weighted by molar-refractivity contribution is -0.140. The zero-order valence-corrected chi connectivity index (χ0v) is 14.0. The highest BCUT2D eigenvalue weighted by Gasteiger charge is 2.34. The van der Waals surface area contributed by atoms with Crippen LogP contribution < -0.4 is 5.32 Å². The second-order valence-electron chi connectivity index (χ2n) is 7.23. The first-order valence-electron chi connectivity index (χ1n) is 8.59. The Hall–Kier alpha value is -0.610. The minimum atomic E-state index is -0.359. The van der Waals surface area contributed by atoms with E-state index in [1.54, 1.807) is 7.11 Å². The fraction of sp³-hybridized carbons (Fsp3) is 0.941. The molecule has 0 aromatic heterocycles. The number of piperidine rings is 1. The number of amides is 1. The van der Waals surface area contributed by atoms with Crippen molar-refractivity contribution < 1.29 is 9.53 Å². The molecule has 1 atom stereocenters. The van der Waals surface area contributed by atoms with Gasteiger partial charge in [0.25, 0.3) is 0 Å². The first kappa shape index (κ1) is 16.8. The molecule has 2 aliphatic rings. The van der Waals surface area contributed by atoms with Gasteiger partial charge in [0.05, 0.1) is 12.0 Å². The van der Waals surface area contributed by atoms with Crippen molar-refractivity contribution in [2.75, 3.05) is 26.7 Å². The van der Waals surface area contributed by atoms with E-state index in [0.717, 1.165) is 26.1 Å². The van der Waals surface area contributed by atoms with Crippen LogP contribution in [-0.2, 0) is 9.53 Å². The van der Waals surface area contributed by atoms with Gasteiger partial charge >= 0.3 is 0 Å². The minimum Gasteiger partial charge on any atom is -0.378 e. The van der Waals surface area contributed by atoms with Crippen LogP contribution in [0.5, 0.6) is 0 Å². The van der Waals surface area contributed by atoms with Crippen LogP contribution in [0.3, 0.4) is 0 Å². The Bertz CT molecular complexity index is 338. The first-order chi connectivity index (χ1) is 10.0. The highest BCUT2D eigenvalue weighted by molar-refractivity contribution is 5.77. The van der Waals surface area contributed by atoms with E-state index in [1.807, 2.05) is 13.8 Å². The topological polar surface area (TPSA) is 41.6 Å². The van der Waals surface area contributed by atoms with Crippen molar-refractivity contribution in [1.29, 1.82) is 0 Å². The summed E-state index contributed by atoms with van der Waals surface area (Å²) in [6.07, 6.45) is 7.78. The van der Waals surface area contributed by atoms with E-state index in [9.17, 15) is 4.79 Å². The lowest BCUT2D eigenvalue weighted by Crippen LogP contribution is -2.48. The highest BCUT2D eigenvalue weighted by Crippen LogP contribution is 2.29. The molecule has 0 aliphatic carbocycles. The predicted octanol–water partition coefficient (Wildman–Crippen LogP) is 2.57. The van der Waals surface area contributed by atoms with Crippen molar-refractivity contribution in [3.05, 3.63) is 0 Å². The molecule has 0 aromatic rings. The molecule has 0 aromatic carbocycles. The van der Waals surface area contributed by atoms with Crippen LogP contribution in [0.2, 0.25) is 0 Å². The van der Waals surface area contributed by atoms with E-state index >= 15 is 0 Å². The molecule has 2 saturated heterocycles. The molecular weight excluding hydrogens is 264 g/mol. The monoisotopic (exact) mass is 296 g/mol. The molecule has 0 bridgehead atoms. The summed E-state index contributed by atoms with van der Waals surface area (Å²) in [5.74, 6) is 0.964. The molecule has 4 heteroatoms. The fourth-order valence-corrected chi connectivity index (χ4v) is 3.70. The predicted molar refractivity (Wildman–Crippen MR) is 85.3 cm³/mol. The molecule has 2 aliphatic heterocycles. The summed E-state index contributed by atoms with van der Waals surface area (Å²) in [6, 6.07) is 0.453. The third-order valence-corrected chi connectivity index (χ3v) is 5.18. The highest BCUT2D eigenvalue weighted by atomic mass is 16.5. The quantitative estimate of drug-likeness (QED) is 0.867. The Morgan fingerprint density at radius 3 is 2.57 bits per heavy atom. The van der Waals surface area contributed by atoms with Gasteiger partial charge in [-0.2, -0.15) is 0 Å². The van der Waals surface area contributed by atoms with Crippen LogP contribution in [0, 0.1) is 5.92 Å². The average molecular weight is 296 g/mol. The van der Waals surface area contributed by atoms with E-state index in [-0.39, 0.29) is 11.5 Å². The van der Waals surface area contributed by atoms with Crippen LogP contribution >= 0.6 is 0 Å². The third kappa shape index (κ3) is 4.68. The number of rotatable bonds is 4. The minimum absolute atomic E-state index is 0.285. The lowest BCUT2D eigenvalue weighted by atomic mass is 9.86. The Labute approximate surface area is 129 Å². The largest absolute Gasteiger partial charge is 0.378 e. The number of ether oxygens (including phenoxy) is 1. The number of nitrogens with zero attached hydrogens (tertiary/aromatic N) is 1. The Balaban J connectivity index is 2.05. The first-order valence-corrected chi connectivity index (χ1v) is 8.59. The van der Waals surface area contributed by atoms with Crippen molar-refractivity contribution >= 4 is 5.91 Å². The van der Waals surface area contributed by atoms with Gasteiger partial charge in [-0.25, -0.2) is 0 Å². The summed E-state index contributed by atoms with van der Waals surface area (Å²) in [5, 5.41) is 3.44. The smallest absolute Gasteiger partial charge is 0.225 e. The van der Waals surface area contributed by atoms with E-state index in [2.05, 4.69) is 10.2 Å². The lowest BCUT2D eigenvalue weighted by Gasteiger charge is -2.39. The molecule has 0 spiro atoms. The summed E-state index contributed by atoms with van der Waals surface area (Å²) in [6.45, 7) is 7.15. The summed E-state index contributed by atoms with van der Waals surface area (Å²) >= 11 is 0. The van der Waals surface area contributed by atoms with E-state index in [1.165, 1.54) is 32.1 Å². The summed E-state index contributed by atoms with van der Waals surface area (Å²) < 4.78 is 5.45. The molecule has 1 amide bonds. The number of nitrogens with one attached hydrogen (secondary N) is 1. The maximum atomic E-state index is 12.8. The number of likely N-dealkylation sites (tertiary alicyclic amines) is 1. The van der Waals surface area contributed by atoms with Crippen molar-refractivity contribution in [2.24, 2.45) is 5.92 Å². The van der Waals surface area contributed by atoms with E-state index in [4.69, 9.17) is 4.74 Å². The number of carbonyl (C=O) groups is 1. The average Bonchev–Trinajstić information content (AvgIpc) is 2.73. The Kier molecular flexibility index (Phi) is 6.06. The number of carbonyl (C=O) groups excluding carboxylic acids is 1. The molecule has 1 N–H and O–H groups in total. The van der Waals surface area contributed by atoms with Gasteiger partial charge in [0, 0.05) is 19.7 Å². The molecule has 21 heavy (non-hydrogen) atoms. The second-order valence-corrected chi connectivity index (χ2v) is 7.23. The molecule has 1 unspecified atom stereocenters. The molecule has 122 valence electrons. The Morgan fingerprint density at radius 2 is 1.90 bits per heavy atom. The van der Waals surface area contributed by atoms with E-state index < -0.39 is 0 Å². The van der Waals surface area contributed by atoms with E-state index in [0.29, 0.717) is 18.4 Å². The van der Waals surface area contributed by atoms with Gasteiger partial charge in [-0.1, -0.05) is 12.8 Å². The standard InChI is InChI=1S/C17H32N2O2/c1-17(2,21-3)13-16(20)19-12-6-4-5-7-15(19)14-8-10-18-11-9-14/h14-15,18H,4-13H2,1-3H3. The van der Waals surface area contributed by atoms with Gasteiger partial charge in [0.1, 0.15) is 0 Å². The van der Waals surface area contributed by atoms with Crippen LogP contribution in [0.25, 0.3) is 0 Å². The van der Waals surface area contributed by atoms with Crippen molar-refractivity contribution in [2.45, 2.75) is 70.4 Å². The third-order valence-electron chi connectivity index (χ3n) is 5.18. The number of hydrogen-bond acceptors (Lipinski definition) is 3. The van der Waals surface area contributed by atoms with Crippen LogP contribution in [0.1, 0.15) is 58.8 Å². The van der Waals surface area contributed by atoms with Gasteiger partial charge in [-0.3, -0.25) is 4.79 Å². The number of hydrogen-bond donors (Lipinski definition) is 1. The molecule has 2 rings (SSSR count). The zero-order chi connectivity index (χ0) is 15.3. The van der Waals surface area contributed by atoms with Gasteiger partial charge in [0.15, 0.2) is 0 Å². The maximum Gasteiger partial charge on any atom is 0.225 e. The zero-order valence-electron chi connectivity index (χ0n) is 14.0. The van der Waals surface area contributed by atoms with Crippen molar-refractivity contribution in [1.82, 2.24) is 10.2 Å². The molecule has 2 fully saturated rings. The van der Waals surface area contributed by atoms with Crippen LogP contribution in [-0.4, -0.2) is 49.2 Å². The van der Waals surface area contributed by atoms with Crippen LogP contribution in [0.4, 0.5) is 0 Å². The molecule has 2 heterocycles. The summed E-state index contributed by atoms with van der Waals surface area (Å²) in [5.41, 5.74) is -0.359. The second kappa shape index (κ2) is 7.59. The molecule has 4 nitrogen and oxygen atoms in total. The molecule has 0 saturated carbocycles. The maximum absolute atomic E-state index is 12.8. The number of methoxy groups -OCH3 is 1. The van der Waals surface area contributed by atoms with Gasteiger partial charge in [0.2, 0.25) is 5.91 Å². The Morgan fingerprint density at radius 1 is 1.19 bits per heavy atom. The van der Waals surface area contributed by atoms with Gasteiger partial charge in [-0.05, 0) is 58.5 Å². The SMILES string of the molecule is COC(C)(C)CC(=O)N1CCCCCC1C1CCNCC1.